The lowest BCUT2D eigenvalue weighted by atomic mass is 10.0. The van der Waals surface area contributed by atoms with E-state index in [0.717, 1.165) is 26.1 Å². The maximum atomic E-state index is 9.27. The van der Waals surface area contributed by atoms with Crippen LogP contribution in [-0.2, 0) is 0 Å². The molecule has 0 radical (unpaired) electrons. The maximum absolute atomic E-state index is 9.27. The van der Waals surface area contributed by atoms with Crippen molar-refractivity contribution in [3.8, 4) is 22.9 Å². The van der Waals surface area contributed by atoms with Crippen molar-refractivity contribution < 1.29 is 4.74 Å². The minimum atomic E-state index is 0.242. The van der Waals surface area contributed by atoms with Gasteiger partial charge in [-0.2, -0.15) is 5.26 Å². The molecule has 0 spiro atoms. The van der Waals surface area contributed by atoms with Crippen molar-refractivity contribution in [3.63, 3.8) is 0 Å². The molecule has 0 N–H and O–H groups in total. The largest absolute Gasteiger partial charge is 0.497 e. The zero-order valence-corrected chi connectivity index (χ0v) is 13.3. The summed E-state index contributed by atoms with van der Waals surface area (Å²) in [6.45, 7) is 1.88. The number of nitriles is 1. The zero-order chi connectivity index (χ0) is 14.0. The smallest absolute Gasteiger partial charge is 0.147 e. The third kappa shape index (κ3) is 2.67. The zero-order valence-electron chi connectivity index (χ0n) is 10.4. The fraction of sp³-hybridized carbons (Fsp3) is 0.143. The molecule has 96 valence electrons. The highest BCUT2D eigenvalue weighted by molar-refractivity contribution is 14.1. The third-order valence-corrected chi connectivity index (χ3v) is 4.34. The molecule has 0 atom stereocenters. The normalized spacial score (nSPS) is 10.1. The van der Waals surface area contributed by atoms with Crippen LogP contribution in [0.3, 0.4) is 0 Å². The predicted molar refractivity (Wildman–Crippen MR) is 83.4 cm³/mol. The second-order valence-corrected chi connectivity index (χ2v) is 5.33. The maximum Gasteiger partial charge on any atom is 0.147 e. The van der Waals surface area contributed by atoms with Gasteiger partial charge in [-0.1, -0.05) is 23.7 Å². The van der Waals surface area contributed by atoms with Crippen LogP contribution in [0.1, 0.15) is 11.3 Å². The summed E-state index contributed by atoms with van der Waals surface area (Å²) < 4.78 is 6.07. The lowest BCUT2D eigenvalue weighted by molar-refractivity contribution is 0.415. The van der Waals surface area contributed by atoms with Crippen LogP contribution in [0.15, 0.2) is 24.3 Å². The third-order valence-electron chi connectivity index (χ3n) is 2.75. The summed E-state index contributed by atoms with van der Waals surface area (Å²) in [7, 11) is 1.62. The number of methoxy groups -OCH3 is 1. The van der Waals surface area contributed by atoms with Crippen molar-refractivity contribution in [2.24, 2.45) is 0 Å². The second-order valence-electron chi connectivity index (χ2n) is 3.89. The van der Waals surface area contributed by atoms with Crippen LogP contribution in [0.2, 0.25) is 5.15 Å². The first-order valence-corrected chi connectivity index (χ1v) is 6.94. The van der Waals surface area contributed by atoms with E-state index < -0.39 is 0 Å². The Hall–Kier alpha value is -1.32. The molecule has 0 saturated heterocycles. The van der Waals surface area contributed by atoms with Crippen LogP contribution in [0.4, 0.5) is 0 Å². The van der Waals surface area contributed by atoms with Gasteiger partial charge in [0, 0.05) is 9.13 Å². The van der Waals surface area contributed by atoms with E-state index in [2.05, 4.69) is 33.6 Å². The van der Waals surface area contributed by atoms with E-state index in [1.165, 1.54) is 0 Å². The molecule has 5 heteroatoms. The minimum Gasteiger partial charge on any atom is -0.497 e. The molecule has 0 unspecified atom stereocenters. The van der Waals surface area contributed by atoms with Gasteiger partial charge in [0.15, 0.2) is 0 Å². The highest BCUT2D eigenvalue weighted by Gasteiger charge is 2.16. The van der Waals surface area contributed by atoms with E-state index in [1.807, 2.05) is 31.2 Å². The van der Waals surface area contributed by atoms with Gasteiger partial charge in [-0.15, -0.1) is 0 Å². The first-order valence-electron chi connectivity index (χ1n) is 5.48. The molecule has 2 aromatic rings. The van der Waals surface area contributed by atoms with Crippen molar-refractivity contribution >= 4 is 34.2 Å². The molecule has 0 saturated carbocycles. The molecule has 1 aromatic heterocycles. The van der Waals surface area contributed by atoms with Crippen LogP contribution in [0.25, 0.3) is 11.1 Å². The first kappa shape index (κ1) is 14.1. The number of aromatic nitrogens is 1. The van der Waals surface area contributed by atoms with Crippen LogP contribution >= 0.6 is 34.2 Å². The lowest BCUT2D eigenvalue weighted by Crippen LogP contribution is -1.97. The number of rotatable bonds is 2. The van der Waals surface area contributed by atoms with Gasteiger partial charge >= 0.3 is 0 Å². The number of ether oxygens (including phenoxy) is 1. The molecule has 3 nitrogen and oxygen atoms in total. The SMILES string of the molecule is COc1ccc(-c2c(I)c(C)nc(Cl)c2C#N)cc1. The van der Waals surface area contributed by atoms with Gasteiger partial charge in [0.05, 0.1) is 18.4 Å². The molecule has 0 bridgehead atoms. The van der Waals surface area contributed by atoms with E-state index >= 15 is 0 Å². The molecule has 0 amide bonds. The monoisotopic (exact) mass is 384 g/mol. The van der Waals surface area contributed by atoms with Crippen molar-refractivity contribution in [2.75, 3.05) is 7.11 Å². The number of pyridine rings is 1. The molecule has 0 fully saturated rings. The van der Waals surface area contributed by atoms with Gasteiger partial charge in [0.1, 0.15) is 17.0 Å². The van der Waals surface area contributed by atoms with Gasteiger partial charge in [0.2, 0.25) is 0 Å². The fourth-order valence-corrected chi connectivity index (χ4v) is 2.74. The average Bonchev–Trinajstić information content (AvgIpc) is 2.42. The highest BCUT2D eigenvalue weighted by Crippen LogP contribution is 2.34. The van der Waals surface area contributed by atoms with Crippen molar-refractivity contribution in [1.82, 2.24) is 4.98 Å². The summed E-state index contributed by atoms with van der Waals surface area (Å²) in [5.74, 6) is 0.772. The predicted octanol–water partition coefficient (Wildman–Crippen LogP) is 4.20. The van der Waals surface area contributed by atoms with E-state index in [1.54, 1.807) is 7.11 Å². The van der Waals surface area contributed by atoms with E-state index in [-0.39, 0.29) is 5.15 Å². The number of hydrogen-bond donors (Lipinski definition) is 0. The van der Waals surface area contributed by atoms with Gasteiger partial charge in [-0.05, 0) is 47.2 Å². The molecular weight excluding hydrogens is 375 g/mol. The molecular formula is C14H10ClIN2O. The standard InChI is InChI=1S/C14H10ClIN2O/c1-8-13(16)12(11(7-17)14(15)18-8)9-3-5-10(19-2)6-4-9/h3-6H,1-2H3. The molecule has 0 aliphatic heterocycles. The quantitative estimate of drug-likeness (QED) is 0.576. The Balaban J connectivity index is 2.70. The summed E-state index contributed by atoms with van der Waals surface area (Å²) in [5, 5.41) is 9.52. The van der Waals surface area contributed by atoms with E-state index in [4.69, 9.17) is 16.3 Å². The summed E-state index contributed by atoms with van der Waals surface area (Å²) in [4.78, 5) is 4.17. The van der Waals surface area contributed by atoms with Gasteiger partial charge in [0.25, 0.3) is 0 Å². The Morgan fingerprint density at radius 3 is 2.47 bits per heavy atom. The summed E-state index contributed by atoms with van der Waals surface area (Å²) >= 11 is 8.24. The number of hydrogen-bond acceptors (Lipinski definition) is 3. The number of benzene rings is 1. The Kier molecular flexibility index (Phi) is 4.27. The lowest BCUT2D eigenvalue weighted by Gasteiger charge is -2.11. The molecule has 1 heterocycles. The van der Waals surface area contributed by atoms with E-state index in [9.17, 15) is 5.26 Å². The Bertz CT molecular complexity index is 663. The van der Waals surface area contributed by atoms with Crippen molar-refractivity contribution in [1.29, 1.82) is 5.26 Å². The molecule has 19 heavy (non-hydrogen) atoms. The summed E-state index contributed by atoms with van der Waals surface area (Å²) in [6, 6.07) is 9.66. The average molecular weight is 385 g/mol. The first-order chi connectivity index (χ1) is 9.08. The minimum absolute atomic E-state index is 0.242. The Morgan fingerprint density at radius 2 is 1.95 bits per heavy atom. The molecule has 2 rings (SSSR count). The van der Waals surface area contributed by atoms with Crippen LogP contribution in [0.5, 0.6) is 5.75 Å². The van der Waals surface area contributed by atoms with Crippen molar-refractivity contribution in [2.45, 2.75) is 6.92 Å². The molecule has 0 aliphatic carbocycles. The topological polar surface area (TPSA) is 45.9 Å². The molecule has 1 aromatic carbocycles. The second kappa shape index (κ2) is 5.76. The number of nitrogens with zero attached hydrogens (tertiary/aromatic N) is 2. The molecule has 0 aliphatic rings. The summed E-state index contributed by atoms with van der Waals surface area (Å²) in [6.07, 6.45) is 0. The highest BCUT2D eigenvalue weighted by atomic mass is 127. The van der Waals surface area contributed by atoms with E-state index in [0.29, 0.717) is 5.56 Å². The summed E-state index contributed by atoms with van der Waals surface area (Å²) in [5.41, 5.74) is 2.97. The number of aryl methyl sites for hydroxylation is 1. The Morgan fingerprint density at radius 1 is 1.32 bits per heavy atom. The Labute approximate surface area is 130 Å². The van der Waals surface area contributed by atoms with Gasteiger partial charge in [-0.25, -0.2) is 4.98 Å². The van der Waals surface area contributed by atoms with Crippen LogP contribution in [0, 0.1) is 21.8 Å². The van der Waals surface area contributed by atoms with Gasteiger partial charge in [-0.3, -0.25) is 0 Å². The number of halogens is 2. The van der Waals surface area contributed by atoms with Crippen LogP contribution in [-0.4, -0.2) is 12.1 Å². The van der Waals surface area contributed by atoms with Crippen LogP contribution < -0.4 is 4.74 Å². The fourth-order valence-electron chi connectivity index (χ4n) is 1.78. The van der Waals surface area contributed by atoms with Crippen molar-refractivity contribution in [3.05, 3.63) is 44.2 Å². The van der Waals surface area contributed by atoms with Gasteiger partial charge < -0.3 is 4.74 Å².